The van der Waals surface area contributed by atoms with Crippen molar-refractivity contribution >= 4 is 79.0 Å². The molecule has 0 radical (unpaired) electrons. The third-order valence-corrected chi connectivity index (χ3v) is 5.70. The molecule has 154 valence electrons. The summed E-state index contributed by atoms with van der Waals surface area (Å²) in [6.45, 7) is 0.715. The zero-order chi connectivity index (χ0) is 20.7. The minimum atomic E-state index is -0.949. The molecule has 2 heterocycles. The van der Waals surface area contributed by atoms with Gasteiger partial charge in [-0.1, -0.05) is 18.2 Å². The second-order valence-electron chi connectivity index (χ2n) is 7.58. The van der Waals surface area contributed by atoms with E-state index in [0.717, 1.165) is 57.9 Å². The van der Waals surface area contributed by atoms with E-state index in [1.807, 2.05) is 41.1 Å². The zero-order valence-electron chi connectivity index (χ0n) is 16.7. The Labute approximate surface area is 222 Å². The number of ether oxygens (including phenoxy) is 2. The summed E-state index contributed by atoms with van der Waals surface area (Å²) >= 11 is 0. The van der Waals surface area contributed by atoms with Crippen LogP contribution >= 0.6 is 0 Å². The van der Waals surface area contributed by atoms with Crippen LogP contribution in [0.25, 0.3) is 32.9 Å². The molecule has 1 N–H and O–H groups in total. The van der Waals surface area contributed by atoms with Crippen molar-refractivity contribution in [2.24, 2.45) is 0 Å². The molecule has 1 aliphatic heterocycles. The van der Waals surface area contributed by atoms with Crippen molar-refractivity contribution in [3.05, 3.63) is 60.2 Å². The van der Waals surface area contributed by atoms with Gasteiger partial charge in [0.2, 0.25) is 0 Å². The number of hydrogen-bond acceptors (Lipinski definition) is 4. The number of methoxy groups -OCH3 is 1. The van der Waals surface area contributed by atoms with Gasteiger partial charge in [0.05, 0.1) is 18.2 Å². The van der Waals surface area contributed by atoms with Crippen LogP contribution < -0.4 is 4.74 Å². The predicted octanol–water partition coefficient (Wildman–Crippen LogP) is 4.61. The average molecular weight is 443 g/mol. The summed E-state index contributed by atoms with van der Waals surface area (Å²) in [7, 11) is 1.65. The Hall–Kier alpha value is -1.74. The van der Waals surface area contributed by atoms with Gasteiger partial charge in [-0.3, -0.25) is 0 Å². The SMILES string of the molecule is COc1ccc2cc(-c3nn(C4CCCCO4)c4ccc(C(=O)O)cc34)ccc2c1.[KH]. The molecular formula is C24H23KN2O4. The molecule has 6 nitrogen and oxygen atoms in total. The van der Waals surface area contributed by atoms with Crippen molar-refractivity contribution in [2.45, 2.75) is 25.5 Å². The normalized spacial score (nSPS) is 16.2. The molecule has 31 heavy (non-hydrogen) atoms. The molecular weight excluding hydrogens is 419 g/mol. The number of carbonyl (C=O) groups is 1. The Kier molecular flexibility index (Phi) is 6.81. The van der Waals surface area contributed by atoms with E-state index >= 15 is 0 Å². The van der Waals surface area contributed by atoms with E-state index in [0.29, 0.717) is 6.61 Å². The molecule has 4 aromatic rings. The standard InChI is InChI=1S/C24H22N2O4.K.H/c1-29-19-9-7-15-12-17(6-5-16(15)13-19)23-20-14-18(24(27)28)8-10-21(20)26(25-23)22-4-2-3-11-30-22;;/h5-10,12-14,22H,2-4,11H2,1H3,(H,27,28);;. The summed E-state index contributed by atoms with van der Waals surface area (Å²) in [6.07, 6.45) is 2.91. The fourth-order valence-corrected chi connectivity index (χ4v) is 4.12. The summed E-state index contributed by atoms with van der Waals surface area (Å²) in [5.41, 5.74) is 2.84. The van der Waals surface area contributed by atoms with E-state index in [1.54, 1.807) is 19.2 Å². The maximum absolute atomic E-state index is 11.6. The van der Waals surface area contributed by atoms with Crippen molar-refractivity contribution in [1.82, 2.24) is 9.78 Å². The van der Waals surface area contributed by atoms with E-state index in [4.69, 9.17) is 14.6 Å². The van der Waals surface area contributed by atoms with Gasteiger partial charge in [-0.05, 0) is 66.4 Å². The van der Waals surface area contributed by atoms with Crippen LogP contribution in [0, 0.1) is 0 Å². The monoisotopic (exact) mass is 442 g/mol. The second kappa shape index (κ2) is 9.40. The van der Waals surface area contributed by atoms with Gasteiger partial charge in [-0.2, -0.15) is 5.10 Å². The van der Waals surface area contributed by atoms with E-state index in [-0.39, 0.29) is 63.2 Å². The predicted molar refractivity (Wildman–Crippen MR) is 122 cm³/mol. The number of carboxylic acid groups (broad SMARTS) is 1. The van der Waals surface area contributed by atoms with Gasteiger partial charge in [0.15, 0.2) is 6.23 Å². The first-order valence-corrected chi connectivity index (χ1v) is 10.1. The first-order chi connectivity index (χ1) is 14.6. The molecule has 1 unspecified atom stereocenters. The molecule has 1 atom stereocenters. The molecule has 0 amide bonds. The van der Waals surface area contributed by atoms with Gasteiger partial charge in [0.1, 0.15) is 11.4 Å². The Balaban J connectivity index is 0.00000231. The fourth-order valence-electron chi connectivity index (χ4n) is 4.12. The topological polar surface area (TPSA) is 73.6 Å². The van der Waals surface area contributed by atoms with Gasteiger partial charge in [-0.15, -0.1) is 0 Å². The number of aromatic nitrogens is 2. The molecule has 7 heteroatoms. The summed E-state index contributed by atoms with van der Waals surface area (Å²) < 4.78 is 13.2. The minimum absolute atomic E-state index is 0. The van der Waals surface area contributed by atoms with E-state index in [1.165, 1.54) is 0 Å². The molecule has 0 spiro atoms. The molecule has 3 aromatic carbocycles. The zero-order valence-corrected chi connectivity index (χ0v) is 16.7. The van der Waals surface area contributed by atoms with Crippen LogP contribution in [0.3, 0.4) is 0 Å². The molecule has 0 aliphatic carbocycles. The van der Waals surface area contributed by atoms with E-state index in [2.05, 4.69) is 6.07 Å². The first-order valence-electron chi connectivity index (χ1n) is 10.1. The van der Waals surface area contributed by atoms with Crippen LogP contribution in [0.2, 0.25) is 0 Å². The third-order valence-electron chi connectivity index (χ3n) is 5.70. The van der Waals surface area contributed by atoms with Gasteiger partial charge in [0, 0.05) is 17.6 Å². The molecule has 0 bridgehead atoms. The number of benzene rings is 3. The van der Waals surface area contributed by atoms with Crippen LogP contribution in [-0.4, -0.2) is 86.0 Å². The third kappa shape index (κ3) is 4.31. The second-order valence-corrected chi connectivity index (χ2v) is 7.58. The first kappa shape index (κ1) is 22.5. The molecule has 5 rings (SSSR count). The molecule has 1 aromatic heterocycles. The summed E-state index contributed by atoms with van der Waals surface area (Å²) in [4.78, 5) is 11.6. The summed E-state index contributed by atoms with van der Waals surface area (Å²) in [5.74, 6) is -0.138. The van der Waals surface area contributed by atoms with Gasteiger partial charge < -0.3 is 14.6 Å². The van der Waals surface area contributed by atoms with Crippen molar-refractivity contribution in [1.29, 1.82) is 0 Å². The van der Waals surface area contributed by atoms with Crippen LogP contribution in [-0.2, 0) is 4.74 Å². The van der Waals surface area contributed by atoms with Crippen LogP contribution in [0.1, 0.15) is 35.8 Å². The quantitative estimate of drug-likeness (QED) is 0.467. The number of nitrogens with zero attached hydrogens (tertiary/aromatic N) is 2. The maximum atomic E-state index is 11.6. The molecule has 1 saturated heterocycles. The number of aromatic carboxylic acids is 1. The van der Waals surface area contributed by atoms with Crippen molar-refractivity contribution in [2.75, 3.05) is 13.7 Å². The number of fused-ring (bicyclic) bond motifs is 2. The fraction of sp³-hybridized carbons (Fsp3) is 0.250. The van der Waals surface area contributed by atoms with Gasteiger partial charge >= 0.3 is 57.4 Å². The number of rotatable bonds is 4. The van der Waals surface area contributed by atoms with Crippen molar-refractivity contribution < 1.29 is 19.4 Å². The van der Waals surface area contributed by atoms with Crippen LogP contribution in [0.15, 0.2) is 54.6 Å². The Morgan fingerprint density at radius 2 is 1.90 bits per heavy atom. The summed E-state index contributed by atoms with van der Waals surface area (Å²) in [6, 6.07) is 17.2. The molecule has 1 fully saturated rings. The van der Waals surface area contributed by atoms with Crippen LogP contribution in [0.5, 0.6) is 5.75 Å². The number of carboxylic acids is 1. The Morgan fingerprint density at radius 1 is 1.10 bits per heavy atom. The summed E-state index contributed by atoms with van der Waals surface area (Å²) in [5, 5.41) is 17.3. The average Bonchev–Trinajstić information content (AvgIpc) is 3.18. The van der Waals surface area contributed by atoms with Gasteiger partial charge in [0.25, 0.3) is 0 Å². The number of hydrogen-bond donors (Lipinski definition) is 1. The van der Waals surface area contributed by atoms with Crippen molar-refractivity contribution in [3.63, 3.8) is 0 Å². The Bertz CT molecular complexity index is 1260. The van der Waals surface area contributed by atoms with E-state index < -0.39 is 5.97 Å². The molecule has 1 aliphatic rings. The van der Waals surface area contributed by atoms with Gasteiger partial charge in [-0.25, -0.2) is 9.48 Å². The van der Waals surface area contributed by atoms with E-state index in [9.17, 15) is 9.90 Å². The van der Waals surface area contributed by atoms with Crippen LogP contribution in [0.4, 0.5) is 0 Å². The Morgan fingerprint density at radius 3 is 2.65 bits per heavy atom. The van der Waals surface area contributed by atoms with Crippen molar-refractivity contribution in [3.8, 4) is 17.0 Å². The molecule has 0 saturated carbocycles.